The molecule has 2 aliphatic rings. The van der Waals surface area contributed by atoms with Crippen molar-refractivity contribution in [3.63, 3.8) is 0 Å². The molecular weight excluding hydrogens is 360 g/mol. The molecule has 29 heavy (non-hydrogen) atoms. The summed E-state index contributed by atoms with van der Waals surface area (Å²) in [7, 11) is 1.71. The minimum absolute atomic E-state index is 0.0698. The first-order valence-electron chi connectivity index (χ1n) is 11.8. The Bertz CT molecular complexity index is 778. The first-order chi connectivity index (χ1) is 14.3. The number of hydrogen-bond acceptors (Lipinski definition) is 3. The Labute approximate surface area is 175 Å². The third-order valence-electron chi connectivity index (χ3n) is 7.31. The van der Waals surface area contributed by atoms with Crippen molar-refractivity contribution in [2.45, 2.75) is 83.3 Å². The number of piperidine rings is 1. The van der Waals surface area contributed by atoms with Crippen molar-refractivity contribution in [2.75, 3.05) is 20.2 Å². The van der Waals surface area contributed by atoms with E-state index in [0.29, 0.717) is 0 Å². The molecule has 1 aliphatic carbocycles. The standard InChI is InChI=1S/C25H38N2O2/c1-29-21-12-13-24-23(17-21)22(25(18-28)26-24)11-7-15-27-14-6-5-10-20(27)16-19-8-3-2-4-9-19/h12-13,17,19-20,26,28H,2-11,14-16,18H2,1H3. The minimum atomic E-state index is 0.0698. The van der Waals surface area contributed by atoms with Crippen molar-refractivity contribution in [2.24, 2.45) is 5.92 Å². The number of nitrogens with zero attached hydrogens (tertiary/aromatic N) is 1. The molecule has 1 aliphatic heterocycles. The molecule has 1 saturated carbocycles. The SMILES string of the molecule is COc1ccc2[nH]c(CO)c(CCCN3CCCCC3CC3CCCCC3)c2c1. The number of benzene rings is 1. The predicted molar refractivity (Wildman–Crippen MR) is 119 cm³/mol. The molecule has 1 atom stereocenters. The number of aliphatic hydroxyl groups excluding tert-OH is 1. The second kappa shape index (κ2) is 9.99. The van der Waals surface area contributed by atoms with E-state index in [4.69, 9.17) is 4.74 Å². The van der Waals surface area contributed by atoms with Crippen molar-refractivity contribution in [3.8, 4) is 5.75 Å². The third kappa shape index (κ3) is 4.97. The van der Waals surface area contributed by atoms with Crippen LogP contribution in [0.3, 0.4) is 0 Å². The van der Waals surface area contributed by atoms with Crippen molar-refractivity contribution in [3.05, 3.63) is 29.5 Å². The van der Waals surface area contributed by atoms with Crippen LogP contribution in [-0.4, -0.2) is 41.2 Å². The van der Waals surface area contributed by atoms with Gasteiger partial charge >= 0.3 is 0 Å². The van der Waals surface area contributed by atoms with E-state index < -0.39 is 0 Å². The number of aliphatic hydroxyl groups is 1. The van der Waals surface area contributed by atoms with Gasteiger partial charge in [-0.15, -0.1) is 0 Å². The molecule has 2 fully saturated rings. The summed E-state index contributed by atoms with van der Waals surface area (Å²) in [5.41, 5.74) is 3.32. The Morgan fingerprint density at radius 2 is 1.93 bits per heavy atom. The van der Waals surface area contributed by atoms with Gasteiger partial charge in [0.25, 0.3) is 0 Å². The van der Waals surface area contributed by atoms with Crippen LogP contribution < -0.4 is 4.74 Å². The summed E-state index contributed by atoms with van der Waals surface area (Å²) in [6.07, 6.45) is 15.0. The number of ether oxygens (including phenoxy) is 1. The average Bonchev–Trinajstić information content (AvgIpc) is 3.12. The number of methoxy groups -OCH3 is 1. The molecule has 0 amide bonds. The smallest absolute Gasteiger partial charge is 0.119 e. The van der Waals surface area contributed by atoms with E-state index in [2.05, 4.69) is 22.0 Å². The van der Waals surface area contributed by atoms with Gasteiger partial charge in [-0.05, 0) is 74.9 Å². The topological polar surface area (TPSA) is 48.5 Å². The van der Waals surface area contributed by atoms with Gasteiger partial charge in [-0.3, -0.25) is 0 Å². The number of rotatable bonds is 8. The second-order valence-corrected chi connectivity index (χ2v) is 9.18. The van der Waals surface area contributed by atoms with Gasteiger partial charge < -0.3 is 19.7 Å². The van der Waals surface area contributed by atoms with Crippen LogP contribution in [0.15, 0.2) is 18.2 Å². The van der Waals surface area contributed by atoms with Crippen molar-refractivity contribution in [1.29, 1.82) is 0 Å². The van der Waals surface area contributed by atoms with Gasteiger partial charge in [-0.1, -0.05) is 38.5 Å². The first-order valence-corrected chi connectivity index (χ1v) is 11.8. The molecule has 4 nitrogen and oxygen atoms in total. The van der Waals surface area contributed by atoms with E-state index >= 15 is 0 Å². The predicted octanol–water partition coefficient (Wildman–Crippen LogP) is 5.43. The molecule has 1 unspecified atom stereocenters. The molecule has 4 heteroatoms. The first kappa shape index (κ1) is 20.7. The second-order valence-electron chi connectivity index (χ2n) is 9.18. The Morgan fingerprint density at radius 3 is 2.72 bits per heavy atom. The van der Waals surface area contributed by atoms with E-state index in [1.54, 1.807) is 7.11 Å². The molecule has 0 bridgehead atoms. The number of aromatic nitrogens is 1. The molecule has 0 spiro atoms. The van der Waals surface area contributed by atoms with E-state index in [-0.39, 0.29) is 6.61 Å². The largest absolute Gasteiger partial charge is 0.497 e. The van der Waals surface area contributed by atoms with Crippen molar-refractivity contribution in [1.82, 2.24) is 9.88 Å². The summed E-state index contributed by atoms with van der Waals surface area (Å²) in [5.74, 6) is 1.85. The molecule has 160 valence electrons. The van der Waals surface area contributed by atoms with Crippen LogP contribution in [0.1, 0.15) is 75.5 Å². The maximum atomic E-state index is 9.85. The van der Waals surface area contributed by atoms with E-state index in [1.807, 2.05) is 6.07 Å². The summed E-state index contributed by atoms with van der Waals surface area (Å²) in [6.45, 7) is 2.52. The fraction of sp³-hybridized carbons (Fsp3) is 0.680. The summed E-state index contributed by atoms with van der Waals surface area (Å²) in [4.78, 5) is 6.18. The molecule has 2 aromatic rings. The Kier molecular flexibility index (Phi) is 7.15. The normalized spacial score (nSPS) is 21.7. The molecule has 2 heterocycles. The van der Waals surface area contributed by atoms with Crippen LogP contribution in [0.25, 0.3) is 10.9 Å². The number of hydrogen-bond donors (Lipinski definition) is 2. The van der Waals surface area contributed by atoms with Crippen LogP contribution >= 0.6 is 0 Å². The van der Waals surface area contributed by atoms with Crippen LogP contribution in [0.4, 0.5) is 0 Å². The van der Waals surface area contributed by atoms with Gasteiger partial charge in [0, 0.05) is 22.6 Å². The zero-order valence-electron chi connectivity index (χ0n) is 18.1. The monoisotopic (exact) mass is 398 g/mol. The van der Waals surface area contributed by atoms with Crippen LogP contribution in [0, 0.1) is 5.92 Å². The molecule has 1 aromatic heterocycles. The number of H-pyrrole nitrogens is 1. The van der Waals surface area contributed by atoms with E-state index in [9.17, 15) is 5.11 Å². The number of fused-ring (bicyclic) bond motifs is 1. The summed E-state index contributed by atoms with van der Waals surface area (Å²) >= 11 is 0. The Balaban J connectivity index is 1.39. The molecule has 1 saturated heterocycles. The van der Waals surface area contributed by atoms with Gasteiger partial charge in [-0.2, -0.15) is 0 Å². The quantitative estimate of drug-likeness (QED) is 0.624. The lowest BCUT2D eigenvalue weighted by Crippen LogP contribution is -2.41. The van der Waals surface area contributed by atoms with Crippen LogP contribution in [0.5, 0.6) is 5.75 Å². The fourth-order valence-electron chi connectivity index (χ4n) is 5.72. The highest BCUT2D eigenvalue weighted by molar-refractivity contribution is 5.86. The lowest BCUT2D eigenvalue weighted by molar-refractivity contribution is 0.115. The van der Waals surface area contributed by atoms with Crippen LogP contribution in [-0.2, 0) is 13.0 Å². The molecule has 2 N–H and O–H groups in total. The number of nitrogens with one attached hydrogen (secondary N) is 1. The van der Waals surface area contributed by atoms with Gasteiger partial charge in [0.15, 0.2) is 0 Å². The van der Waals surface area contributed by atoms with Gasteiger partial charge in [-0.25, -0.2) is 0 Å². The number of aromatic amines is 1. The summed E-state index contributed by atoms with van der Waals surface area (Å²) in [5, 5.41) is 11.0. The highest BCUT2D eigenvalue weighted by Crippen LogP contribution is 2.32. The summed E-state index contributed by atoms with van der Waals surface area (Å²) < 4.78 is 5.42. The van der Waals surface area contributed by atoms with Gasteiger partial charge in [0.1, 0.15) is 5.75 Å². The average molecular weight is 399 g/mol. The van der Waals surface area contributed by atoms with Crippen LogP contribution in [0.2, 0.25) is 0 Å². The molecular formula is C25H38N2O2. The molecule has 1 aromatic carbocycles. The molecule has 0 radical (unpaired) electrons. The highest BCUT2D eigenvalue weighted by Gasteiger charge is 2.26. The minimum Gasteiger partial charge on any atom is -0.497 e. The van der Waals surface area contributed by atoms with Crippen molar-refractivity contribution < 1.29 is 9.84 Å². The number of likely N-dealkylation sites (tertiary alicyclic amines) is 1. The highest BCUT2D eigenvalue weighted by atomic mass is 16.5. The lowest BCUT2D eigenvalue weighted by atomic mass is 9.82. The van der Waals surface area contributed by atoms with Gasteiger partial charge in [0.05, 0.1) is 13.7 Å². The van der Waals surface area contributed by atoms with E-state index in [0.717, 1.165) is 41.8 Å². The maximum absolute atomic E-state index is 9.85. The Morgan fingerprint density at radius 1 is 1.10 bits per heavy atom. The lowest BCUT2D eigenvalue weighted by Gasteiger charge is -2.38. The Hall–Kier alpha value is -1.52. The molecule has 4 rings (SSSR count). The van der Waals surface area contributed by atoms with Crippen molar-refractivity contribution >= 4 is 10.9 Å². The third-order valence-corrected chi connectivity index (χ3v) is 7.31. The number of aryl methyl sites for hydroxylation is 1. The van der Waals surface area contributed by atoms with Gasteiger partial charge in [0.2, 0.25) is 0 Å². The fourth-order valence-corrected chi connectivity index (χ4v) is 5.72. The zero-order chi connectivity index (χ0) is 20.1. The van der Waals surface area contributed by atoms with E-state index in [1.165, 1.54) is 81.8 Å². The summed E-state index contributed by atoms with van der Waals surface area (Å²) in [6, 6.07) is 6.94. The zero-order valence-corrected chi connectivity index (χ0v) is 18.1. The maximum Gasteiger partial charge on any atom is 0.119 e.